The number of ether oxygens (including phenoxy) is 1. The average Bonchev–Trinajstić information content (AvgIpc) is 2.64. The Bertz CT molecular complexity index is 466. The molecule has 8 N–H and O–H groups in total. The Morgan fingerprint density at radius 1 is 1.19 bits per heavy atom. The molecule has 0 aromatic heterocycles. The molecule has 0 unspecified atom stereocenters. The number of aliphatic hydroxyl groups excluding tert-OH is 4. The standard InChI is InChI=1S/C17H33N3O7/c18-11(5-6-14(19)24)17(26)20-7-3-1-2-4-8-27-16(13(23)10-21)15(25)12(22)9-20/h11-13,15-16,21-23,25H,1-10,18H2,(H2,19,24)/t11-,12+,13+,15+,16+/m0/s1. The van der Waals surface area contributed by atoms with Crippen LogP contribution >= 0.6 is 0 Å². The predicted octanol–water partition coefficient (Wildman–Crippen LogP) is -2.56. The lowest BCUT2D eigenvalue weighted by atomic mass is 10.0. The summed E-state index contributed by atoms with van der Waals surface area (Å²) in [6, 6.07) is -0.940. The molecule has 0 spiro atoms. The van der Waals surface area contributed by atoms with Gasteiger partial charge < -0.3 is 41.5 Å². The third kappa shape index (κ3) is 8.08. The zero-order valence-corrected chi connectivity index (χ0v) is 15.6. The lowest BCUT2D eigenvalue weighted by molar-refractivity contribution is -0.152. The summed E-state index contributed by atoms with van der Waals surface area (Å²) in [5.74, 6) is -1.000. The van der Waals surface area contributed by atoms with E-state index in [0.29, 0.717) is 19.4 Å². The van der Waals surface area contributed by atoms with Gasteiger partial charge in [-0.1, -0.05) is 12.8 Å². The lowest BCUT2D eigenvalue weighted by Crippen LogP contribution is -2.54. The molecule has 0 radical (unpaired) electrons. The van der Waals surface area contributed by atoms with Crippen LogP contribution in [0.4, 0.5) is 0 Å². The number of β-amino-alcohol motifs (C(OH)–C–C–N with tert-alkyl or cyclic N) is 1. The van der Waals surface area contributed by atoms with E-state index in [0.717, 1.165) is 12.8 Å². The van der Waals surface area contributed by atoms with Gasteiger partial charge in [0.25, 0.3) is 0 Å². The number of nitrogens with zero attached hydrogens (tertiary/aromatic N) is 1. The number of aliphatic hydroxyl groups is 4. The minimum Gasteiger partial charge on any atom is -0.394 e. The number of primary amides is 1. The highest BCUT2D eigenvalue weighted by molar-refractivity contribution is 5.82. The van der Waals surface area contributed by atoms with E-state index in [9.17, 15) is 24.9 Å². The Morgan fingerprint density at radius 2 is 1.85 bits per heavy atom. The highest BCUT2D eigenvalue weighted by atomic mass is 16.5. The molecule has 0 saturated carbocycles. The van der Waals surface area contributed by atoms with Crippen LogP contribution in [0.15, 0.2) is 0 Å². The monoisotopic (exact) mass is 391 g/mol. The molecule has 0 aromatic rings. The summed E-state index contributed by atoms with van der Waals surface area (Å²) >= 11 is 0. The molecule has 10 heteroatoms. The number of amides is 2. The smallest absolute Gasteiger partial charge is 0.239 e. The molecule has 1 saturated heterocycles. The minimum atomic E-state index is -1.50. The van der Waals surface area contributed by atoms with Gasteiger partial charge in [0, 0.05) is 26.1 Å². The zero-order valence-electron chi connectivity index (χ0n) is 15.6. The normalized spacial score (nSPS) is 27.9. The van der Waals surface area contributed by atoms with Crippen LogP contribution in [-0.2, 0) is 14.3 Å². The van der Waals surface area contributed by atoms with Gasteiger partial charge in [0.1, 0.15) is 24.4 Å². The molecule has 2 amide bonds. The van der Waals surface area contributed by atoms with Crippen molar-refractivity contribution in [3.05, 3.63) is 0 Å². The van der Waals surface area contributed by atoms with Gasteiger partial charge in [-0.25, -0.2) is 0 Å². The van der Waals surface area contributed by atoms with E-state index < -0.39 is 48.9 Å². The van der Waals surface area contributed by atoms with Crippen LogP contribution in [-0.4, -0.2) is 93.9 Å². The largest absolute Gasteiger partial charge is 0.394 e. The Kier molecular flexibility index (Phi) is 10.7. The molecular formula is C17H33N3O7. The molecule has 1 heterocycles. The number of carbonyl (C=O) groups excluding carboxylic acids is 2. The summed E-state index contributed by atoms with van der Waals surface area (Å²) in [5, 5.41) is 39.8. The molecule has 1 fully saturated rings. The van der Waals surface area contributed by atoms with E-state index >= 15 is 0 Å². The number of hydrogen-bond acceptors (Lipinski definition) is 8. The molecule has 0 aliphatic carbocycles. The minimum absolute atomic E-state index is 0.0233. The van der Waals surface area contributed by atoms with Gasteiger partial charge in [-0.2, -0.15) is 0 Å². The molecule has 5 atom stereocenters. The zero-order chi connectivity index (χ0) is 20.4. The first-order valence-corrected chi connectivity index (χ1v) is 9.37. The maximum Gasteiger partial charge on any atom is 0.239 e. The van der Waals surface area contributed by atoms with Crippen molar-refractivity contribution in [1.82, 2.24) is 4.90 Å². The van der Waals surface area contributed by atoms with Crippen molar-refractivity contribution < 1.29 is 34.8 Å². The second kappa shape index (κ2) is 12.2. The molecule has 1 aliphatic heterocycles. The maximum atomic E-state index is 12.6. The lowest BCUT2D eigenvalue weighted by Gasteiger charge is -2.34. The van der Waals surface area contributed by atoms with Gasteiger partial charge in [0.15, 0.2) is 0 Å². The summed E-state index contributed by atoms with van der Waals surface area (Å²) in [4.78, 5) is 24.8. The second-order valence-electron chi connectivity index (χ2n) is 6.95. The van der Waals surface area contributed by atoms with Crippen molar-refractivity contribution >= 4 is 11.8 Å². The summed E-state index contributed by atoms with van der Waals surface area (Å²) in [6.45, 7) is -0.204. The van der Waals surface area contributed by atoms with Crippen LogP contribution in [0.2, 0.25) is 0 Å². The van der Waals surface area contributed by atoms with Crippen molar-refractivity contribution in [2.24, 2.45) is 11.5 Å². The summed E-state index contributed by atoms with van der Waals surface area (Å²) in [5.41, 5.74) is 10.9. The van der Waals surface area contributed by atoms with Crippen molar-refractivity contribution in [3.8, 4) is 0 Å². The third-order valence-corrected chi connectivity index (χ3v) is 4.67. The molecule has 10 nitrogen and oxygen atoms in total. The van der Waals surface area contributed by atoms with Crippen molar-refractivity contribution in [3.63, 3.8) is 0 Å². The van der Waals surface area contributed by atoms with Crippen LogP contribution in [0.1, 0.15) is 38.5 Å². The first-order chi connectivity index (χ1) is 12.8. The summed E-state index contributed by atoms with van der Waals surface area (Å²) in [6.07, 6.45) is -2.33. The van der Waals surface area contributed by atoms with E-state index in [2.05, 4.69) is 0 Å². The van der Waals surface area contributed by atoms with Crippen LogP contribution in [0.3, 0.4) is 0 Å². The van der Waals surface area contributed by atoms with E-state index in [4.69, 9.17) is 21.3 Å². The maximum absolute atomic E-state index is 12.6. The number of hydrogen-bond donors (Lipinski definition) is 6. The Morgan fingerprint density at radius 3 is 2.48 bits per heavy atom. The van der Waals surface area contributed by atoms with Gasteiger partial charge in [-0.3, -0.25) is 9.59 Å². The van der Waals surface area contributed by atoms with Crippen molar-refractivity contribution in [1.29, 1.82) is 0 Å². The van der Waals surface area contributed by atoms with Crippen molar-refractivity contribution in [2.75, 3.05) is 26.3 Å². The molecule has 0 aromatic carbocycles. The Hall–Kier alpha value is -1.30. The van der Waals surface area contributed by atoms with Crippen molar-refractivity contribution in [2.45, 2.75) is 69.0 Å². The molecule has 1 rings (SSSR count). The molecular weight excluding hydrogens is 358 g/mol. The van der Waals surface area contributed by atoms with Crippen LogP contribution in [0, 0.1) is 0 Å². The van der Waals surface area contributed by atoms with Crippen LogP contribution in [0.5, 0.6) is 0 Å². The van der Waals surface area contributed by atoms with E-state index in [-0.39, 0.29) is 26.0 Å². The first kappa shape index (κ1) is 23.7. The highest BCUT2D eigenvalue weighted by Gasteiger charge is 2.35. The fraction of sp³-hybridized carbons (Fsp3) is 0.882. The van der Waals surface area contributed by atoms with Crippen LogP contribution < -0.4 is 11.5 Å². The quantitative estimate of drug-likeness (QED) is 0.286. The number of rotatable bonds is 6. The molecule has 1 aliphatic rings. The second-order valence-corrected chi connectivity index (χ2v) is 6.95. The van der Waals surface area contributed by atoms with E-state index in [1.807, 2.05) is 0 Å². The summed E-state index contributed by atoms with van der Waals surface area (Å²) in [7, 11) is 0. The predicted molar refractivity (Wildman–Crippen MR) is 96.3 cm³/mol. The molecule has 27 heavy (non-hydrogen) atoms. The topological polar surface area (TPSA) is 180 Å². The fourth-order valence-corrected chi connectivity index (χ4v) is 3.02. The van der Waals surface area contributed by atoms with Gasteiger partial charge in [0.2, 0.25) is 11.8 Å². The van der Waals surface area contributed by atoms with Gasteiger partial charge in [0.05, 0.1) is 12.6 Å². The molecule has 158 valence electrons. The SMILES string of the molecule is NC(=O)CC[C@H](N)C(=O)N1CCCCCCO[C@H]([C@H](O)CO)[C@H](O)[C@H](O)C1. The Labute approximate surface area is 159 Å². The first-order valence-electron chi connectivity index (χ1n) is 9.37. The third-order valence-electron chi connectivity index (χ3n) is 4.67. The van der Waals surface area contributed by atoms with Gasteiger partial charge in [-0.15, -0.1) is 0 Å². The van der Waals surface area contributed by atoms with Gasteiger partial charge in [-0.05, 0) is 19.3 Å². The molecule has 0 bridgehead atoms. The van der Waals surface area contributed by atoms with Gasteiger partial charge >= 0.3 is 0 Å². The Balaban J connectivity index is 2.85. The van der Waals surface area contributed by atoms with E-state index in [1.165, 1.54) is 4.90 Å². The fourth-order valence-electron chi connectivity index (χ4n) is 3.02. The summed E-state index contributed by atoms with van der Waals surface area (Å²) < 4.78 is 5.46. The number of carbonyl (C=O) groups is 2. The van der Waals surface area contributed by atoms with E-state index in [1.54, 1.807) is 0 Å². The van der Waals surface area contributed by atoms with Crippen LogP contribution in [0.25, 0.3) is 0 Å². The number of nitrogens with two attached hydrogens (primary N) is 2. The average molecular weight is 391 g/mol. The highest BCUT2D eigenvalue weighted by Crippen LogP contribution is 2.15.